The van der Waals surface area contributed by atoms with E-state index in [1.54, 1.807) is 6.20 Å². The third-order valence-corrected chi connectivity index (χ3v) is 3.36. The van der Waals surface area contributed by atoms with E-state index in [0.29, 0.717) is 12.6 Å². The Hall–Kier alpha value is -1.55. The van der Waals surface area contributed by atoms with Crippen LogP contribution in [-0.4, -0.2) is 16.1 Å². The molecule has 2 aromatic rings. The van der Waals surface area contributed by atoms with Gasteiger partial charge in [0.15, 0.2) is 0 Å². The highest BCUT2D eigenvalue weighted by Crippen LogP contribution is 2.29. The number of pyridine rings is 1. The molecule has 0 unspecified atom stereocenters. The molecule has 0 radical (unpaired) electrons. The molecule has 1 aliphatic rings. The van der Waals surface area contributed by atoms with Crippen molar-refractivity contribution in [3.63, 3.8) is 0 Å². The van der Waals surface area contributed by atoms with Crippen LogP contribution in [0.2, 0.25) is 0 Å². The van der Waals surface area contributed by atoms with Gasteiger partial charge in [-0.1, -0.05) is 0 Å². The van der Waals surface area contributed by atoms with Gasteiger partial charge in [-0.3, -0.25) is 0 Å². The number of aromatic amines is 1. The maximum Gasteiger partial charge on any atom is 0.141 e. The molecule has 0 amide bonds. The topological polar surface area (TPSA) is 63.9 Å². The fourth-order valence-electron chi connectivity index (χ4n) is 2.46. The van der Waals surface area contributed by atoms with Gasteiger partial charge in [0, 0.05) is 18.4 Å². The van der Waals surface area contributed by atoms with E-state index < -0.39 is 0 Å². The number of H-pyrrole nitrogens is 1. The monoisotopic (exact) mass is 231 g/mol. The molecule has 1 saturated carbocycles. The van der Waals surface area contributed by atoms with Gasteiger partial charge in [-0.2, -0.15) is 0 Å². The van der Waals surface area contributed by atoms with Gasteiger partial charge >= 0.3 is 0 Å². The summed E-state index contributed by atoms with van der Waals surface area (Å²) in [6.45, 7) is 0.499. The Morgan fingerprint density at radius 1 is 1.41 bits per heavy atom. The number of nitrogens with two attached hydrogens (primary N) is 1. The van der Waals surface area contributed by atoms with E-state index in [4.69, 9.17) is 10.5 Å². The van der Waals surface area contributed by atoms with Crippen LogP contribution in [0.15, 0.2) is 18.3 Å². The number of fused-ring (bicyclic) bond motifs is 1. The predicted octanol–water partition coefficient (Wildman–Crippen LogP) is 2.34. The molecule has 0 bridgehead atoms. The standard InChI is InChI=1S/C13H17N3O/c14-8-9-7-11-12(5-6-15-13(11)16-9)17-10-3-1-2-4-10/h5-7,10H,1-4,8,14H2,(H,15,16). The summed E-state index contributed by atoms with van der Waals surface area (Å²) < 4.78 is 6.05. The van der Waals surface area contributed by atoms with Gasteiger partial charge in [-0.15, -0.1) is 0 Å². The fourth-order valence-corrected chi connectivity index (χ4v) is 2.46. The zero-order valence-corrected chi connectivity index (χ0v) is 9.78. The second-order valence-electron chi connectivity index (χ2n) is 4.59. The first-order valence-corrected chi connectivity index (χ1v) is 6.20. The minimum Gasteiger partial charge on any atom is -0.490 e. The van der Waals surface area contributed by atoms with Crippen LogP contribution >= 0.6 is 0 Å². The molecule has 3 N–H and O–H groups in total. The Kier molecular flexibility index (Phi) is 2.73. The van der Waals surface area contributed by atoms with Crippen molar-refractivity contribution in [2.75, 3.05) is 0 Å². The first-order valence-electron chi connectivity index (χ1n) is 6.20. The molecular weight excluding hydrogens is 214 g/mol. The Morgan fingerprint density at radius 2 is 2.24 bits per heavy atom. The molecule has 1 fully saturated rings. The molecule has 3 rings (SSSR count). The number of hydrogen-bond acceptors (Lipinski definition) is 3. The lowest BCUT2D eigenvalue weighted by Crippen LogP contribution is -2.10. The second kappa shape index (κ2) is 4.37. The van der Waals surface area contributed by atoms with Crippen LogP contribution in [0.3, 0.4) is 0 Å². The molecule has 0 spiro atoms. The summed E-state index contributed by atoms with van der Waals surface area (Å²) in [6, 6.07) is 3.97. The number of rotatable bonds is 3. The zero-order chi connectivity index (χ0) is 11.7. The second-order valence-corrected chi connectivity index (χ2v) is 4.59. The van der Waals surface area contributed by atoms with E-state index in [9.17, 15) is 0 Å². The summed E-state index contributed by atoms with van der Waals surface area (Å²) in [6.07, 6.45) is 7.04. The van der Waals surface area contributed by atoms with Crippen LogP contribution in [0.1, 0.15) is 31.4 Å². The first kappa shape index (κ1) is 10.6. The van der Waals surface area contributed by atoms with Crippen molar-refractivity contribution in [1.82, 2.24) is 9.97 Å². The van der Waals surface area contributed by atoms with Gasteiger partial charge in [-0.25, -0.2) is 4.98 Å². The van der Waals surface area contributed by atoms with Crippen LogP contribution in [0.25, 0.3) is 11.0 Å². The summed E-state index contributed by atoms with van der Waals surface area (Å²) in [4.78, 5) is 7.49. The maximum absolute atomic E-state index is 6.05. The van der Waals surface area contributed by atoms with Crippen LogP contribution in [0.4, 0.5) is 0 Å². The van der Waals surface area contributed by atoms with E-state index >= 15 is 0 Å². The van der Waals surface area contributed by atoms with Crippen molar-refractivity contribution in [3.05, 3.63) is 24.0 Å². The Labute approximate surface area is 100 Å². The predicted molar refractivity (Wildman–Crippen MR) is 66.9 cm³/mol. The molecule has 1 aliphatic carbocycles. The van der Waals surface area contributed by atoms with Crippen molar-refractivity contribution in [3.8, 4) is 5.75 Å². The number of ether oxygens (including phenoxy) is 1. The van der Waals surface area contributed by atoms with Gasteiger partial charge in [0.25, 0.3) is 0 Å². The smallest absolute Gasteiger partial charge is 0.141 e. The van der Waals surface area contributed by atoms with E-state index in [1.165, 1.54) is 12.8 Å². The van der Waals surface area contributed by atoms with E-state index in [2.05, 4.69) is 9.97 Å². The molecule has 0 aliphatic heterocycles. The minimum atomic E-state index is 0.372. The Morgan fingerprint density at radius 3 is 3.00 bits per heavy atom. The SMILES string of the molecule is NCc1cc2c(OC3CCCC3)ccnc2[nH]1. The van der Waals surface area contributed by atoms with Crippen LogP contribution in [0, 0.1) is 0 Å². The molecular formula is C13H17N3O. The molecule has 2 aromatic heterocycles. The van der Waals surface area contributed by atoms with Crippen LogP contribution in [-0.2, 0) is 6.54 Å². The molecule has 17 heavy (non-hydrogen) atoms. The maximum atomic E-state index is 6.05. The van der Waals surface area contributed by atoms with Crippen LogP contribution < -0.4 is 10.5 Å². The van der Waals surface area contributed by atoms with E-state index in [0.717, 1.165) is 35.3 Å². The van der Waals surface area contributed by atoms with Crippen molar-refractivity contribution in [1.29, 1.82) is 0 Å². The summed E-state index contributed by atoms with van der Waals surface area (Å²) in [7, 11) is 0. The molecule has 4 nitrogen and oxygen atoms in total. The van der Waals surface area contributed by atoms with Crippen molar-refractivity contribution < 1.29 is 4.74 Å². The van der Waals surface area contributed by atoms with Gasteiger partial charge in [0.2, 0.25) is 0 Å². The van der Waals surface area contributed by atoms with Gasteiger partial charge in [-0.05, 0) is 37.8 Å². The molecule has 90 valence electrons. The lowest BCUT2D eigenvalue weighted by molar-refractivity contribution is 0.212. The van der Waals surface area contributed by atoms with E-state index in [1.807, 2.05) is 12.1 Å². The highest BCUT2D eigenvalue weighted by Gasteiger charge is 2.18. The summed E-state index contributed by atoms with van der Waals surface area (Å²) in [5, 5.41) is 1.04. The minimum absolute atomic E-state index is 0.372. The van der Waals surface area contributed by atoms with Crippen molar-refractivity contribution in [2.24, 2.45) is 5.73 Å². The molecule has 2 heterocycles. The quantitative estimate of drug-likeness (QED) is 0.852. The zero-order valence-electron chi connectivity index (χ0n) is 9.78. The first-order chi connectivity index (χ1) is 8.36. The normalized spacial score (nSPS) is 16.8. The number of nitrogens with one attached hydrogen (secondary N) is 1. The summed E-state index contributed by atoms with van der Waals surface area (Å²) >= 11 is 0. The lowest BCUT2D eigenvalue weighted by atomic mass is 10.2. The molecule has 0 aromatic carbocycles. The Balaban J connectivity index is 1.94. The third kappa shape index (κ3) is 2.00. The summed E-state index contributed by atoms with van der Waals surface area (Å²) in [5.41, 5.74) is 7.48. The lowest BCUT2D eigenvalue weighted by Gasteiger charge is -2.13. The van der Waals surface area contributed by atoms with Crippen molar-refractivity contribution >= 4 is 11.0 Å². The largest absolute Gasteiger partial charge is 0.490 e. The fraction of sp³-hybridized carbons (Fsp3) is 0.462. The number of nitrogens with zero attached hydrogens (tertiary/aromatic N) is 1. The summed E-state index contributed by atoms with van der Waals surface area (Å²) in [5.74, 6) is 0.929. The highest BCUT2D eigenvalue weighted by molar-refractivity contribution is 5.83. The van der Waals surface area contributed by atoms with E-state index in [-0.39, 0.29) is 0 Å². The Bertz CT molecular complexity index is 514. The molecule has 0 saturated heterocycles. The van der Waals surface area contributed by atoms with Crippen LogP contribution in [0.5, 0.6) is 5.75 Å². The van der Waals surface area contributed by atoms with Gasteiger partial charge < -0.3 is 15.5 Å². The third-order valence-electron chi connectivity index (χ3n) is 3.36. The van der Waals surface area contributed by atoms with Crippen molar-refractivity contribution in [2.45, 2.75) is 38.3 Å². The van der Waals surface area contributed by atoms with Gasteiger partial charge in [0.05, 0.1) is 11.5 Å². The number of hydrogen-bond donors (Lipinski definition) is 2. The average molecular weight is 231 g/mol. The number of aromatic nitrogens is 2. The molecule has 0 atom stereocenters. The average Bonchev–Trinajstić information content (AvgIpc) is 2.97. The highest BCUT2D eigenvalue weighted by atomic mass is 16.5. The molecule has 4 heteroatoms. The van der Waals surface area contributed by atoms with Gasteiger partial charge in [0.1, 0.15) is 11.4 Å².